The molecule has 2 aromatic rings. The van der Waals surface area contributed by atoms with Gasteiger partial charge in [-0.25, -0.2) is 0 Å². The molecule has 0 radical (unpaired) electrons. The Morgan fingerprint density at radius 1 is 1.22 bits per heavy atom. The molecule has 27 heavy (non-hydrogen) atoms. The molecule has 0 spiro atoms. The number of hydrogen-bond acceptors (Lipinski definition) is 4. The van der Waals surface area contributed by atoms with Crippen LogP contribution in [-0.4, -0.2) is 29.6 Å². The van der Waals surface area contributed by atoms with E-state index in [1.54, 1.807) is 23.5 Å². The molecule has 6 heteroatoms. The lowest BCUT2D eigenvalue weighted by Gasteiger charge is -2.36. The van der Waals surface area contributed by atoms with Crippen LogP contribution in [0.2, 0.25) is 0 Å². The highest BCUT2D eigenvalue weighted by atomic mass is 32.2. The Morgan fingerprint density at radius 2 is 1.93 bits per heavy atom. The summed E-state index contributed by atoms with van der Waals surface area (Å²) in [6, 6.07) is 15.7. The van der Waals surface area contributed by atoms with Gasteiger partial charge in [0.2, 0.25) is 0 Å². The highest BCUT2D eigenvalue weighted by molar-refractivity contribution is 8.13. The van der Waals surface area contributed by atoms with Gasteiger partial charge in [-0.05, 0) is 68.5 Å². The van der Waals surface area contributed by atoms with Gasteiger partial charge in [-0.1, -0.05) is 23.9 Å². The lowest BCUT2D eigenvalue weighted by atomic mass is 9.88. The Bertz CT molecular complexity index is 818. The summed E-state index contributed by atoms with van der Waals surface area (Å²) in [5.41, 5.74) is 2.48. The van der Waals surface area contributed by atoms with Gasteiger partial charge in [0.25, 0.3) is 5.91 Å². The van der Waals surface area contributed by atoms with Gasteiger partial charge in [-0.3, -0.25) is 9.79 Å². The lowest BCUT2D eigenvalue weighted by Crippen LogP contribution is -2.46. The van der Waals surface area contributed by atoms with Crippen LogP contribution in [0.25, 0.3) is 0 Å². The van der Waals surface area contributed by atoms with Crippen LogP contribution >= 0.6 is 23.5 Å². The average molecular weight is 400 g/mol. The van der Waals surface area contributed by atoms with E-state index >= 15 is 0 Å². The fraction of sp³-hybridized carbons (Fsp3) is 0.333. The molecule has 0 aromatic heterocycles. The van der Waals surface area contributed by atoms with Crippen LogP contribution in [0, 0.1) is 0 Å². The van der Waals surface area contributed by atoms with E-state index in [-0.39, 0.29) is 11.4 Å². The zero-order valence-electron chi connectivity index (χ0n) is 15.9. The molecule has 1 amide bonds. The van der Waals surface area contributed by atoms with Crippen molar-refractivity contribution in [2.24, 2.45) is 4.99 Å². The molecule has 1 fully saturated rings. The van der Waals surface area contributed by atoms with Crippen LogP contribution in [0.4, 0.5) is 5.69 Å². The molecule has 1 saturated heterocycles. The summed E-state index contributed by atoms with van der Waals surface area (Å²) in [7, 11) is 0. The molecule has 2 aromatic carbocycles. The van der Waals surface area contributed by atoms with Crippen LogP contribution < -0.4 is 10.6 Å². The van der Waals surface area contributed by atoms with E-state index < -0.39 is 0 Å². The molecule has 1 aliphatic heterocycles. The van der Waals surface area contributed by atoms with Crippen LogP contribution in [0.5, 0.6) is 0 Å². The first-order valence-electron chi connectivity index (χ1n) is 9.05. The number of benzene rings is 2. The van der Waals surface area contributed by atoms with Crippen LogP contribution in [0.15, 0.2) is 58.4 Å². The zero-order chi connectivity index (χ0) is 19.3. The van der Waals surface area contributed by atoms with E-state index in [0.29, 0.717) is 5.56 Å². The largest absolute Gasteiger partial charge is 0.356 e. The molecule has 1 unspecified atom stereocenters. The molecule has 0 aliphatic carbocycles. The number of rotatable bonds is 5. The second-order valence-corrected chi connectivity index (χ2v) is 8.56. The van der Waals surface area contributed by atoms with E-state index in [4.69, 9.17) is 0 Å². The summed E-state index contributed by atoms with van der Waals surface area (Å²) in [4.78, 5) is 18.2. The number of nitrogens with one attached hydrogen (secondary N) is 2. The summed E-state index contributed by atoms with van der Waals surface area (Å²) in [5.74, 6) is 0.945. The SMILES string of the molecule is CCN=C1NC(C)(c2ccc(C(=O)Nc3ccc(SC)cc3)cc2)CCS1. The maximum atomic E-state index is 12.5. The van der Waals surface area contributed by atoms with Crippen molar-refractivity contribution in [2.45, 2.75) is 30.7 Å². The van der Waals surface area contributed by atoms with Gasteiger partial charge in [0, 0.05) is 28.4 Å². The van der Waals surface area contributed by atoms with Gasteiger partial charge in [-0.2, -0.15) is 0 Å². The van der Waals surface area contributed by atoms with Crippen molar-refractivity contribution in [2.75, 3.05) is 23.9 Å². The second kappa shape index (κ2) is 8.85. The van der Waals surface area contributed by atoms with Crippen LogP contribution in [0.3, 0.4) is 0 Å². The first-order valence-corrected chi connectivity index (χ1v) is 11.3. The maximum Gasteiger partial charge on any atom is 0.255 e. The van der Waals surface area contributed by atoms with Gasteiger partial charge >= 0.3 is 0 Å². The Morgan fingerprint density at radius 3 is 2.56 bits per heavy atom. The number of aliphatic imine (C=N–C) groups is 1. The minimum absolute atomic E-state index is 0.0935. The van der Waals surface area contributed by atoms with Gasteiger partial charge < -0.3 is 10.6 Å². The molecule has 4 nitrogen and oxygen atoms in total. The fourth-order valence-corrected chi connectivity index (χ4v) is 4.63. The number of nitrogens with zero attached hydrogens (tertiary/aromatic N) is 1. The monoisotopic (exact) mass is 399 g/mol. The van der Waals surface area contributed by atoms with Gasteiger partial charge in [-0.15, -0.1) is 11.8 Å². The summed E-state index contributed by atoms with van der Waals surface area (Å²) >= 11 is 3.45. The molecule has 0 bridgehead atoms. The number of hydrogen-bond donors (Lipinski definition) is 2. The smallest absolute Gasteiger partial charge is 0.255 e. The van der Waals surface area contributed by atoms with E-state index in [1.165, 1.54) is 10.5 Å². The third kappa shape index (κ3) is 4.87. The van der Waals surface area contributed by atoms with E-state index in [1.807, 2.05) is 61.7 Å². The molecule has 142 valence electrons. The second-order valence-electron chi connectivity index (χ2n) is 6.60. The molecule has 2 N–H and O–H groups in total. The number of thioether (sulfide) groups is 2. The Labute approximate surface area is 169 Å². The Balaban J connectivity index is 1.70. The van der Waals surface area contributed by atoms with Crippen molar-refractivity contribution in [1.82, 2.24) is 5.32 Å². The predicted octanol–water partition coefficient (Wildman–Crippen LogP) is 4.98. The molecule has 1 aliphatic rings. The summed E-state index contributed by atoms with van der Waals surface area (Å²) in [6.45, 7) is 5.02. The topological polar surface area (TPSA) is 53.5 Å². The molecular weight excluding hydrogens is 374 g/mol. The summed E-state index contributed by atoms with van der Waals surface area (Å²) in [6.07, 6.45) is 3.06. The molecular formula is C21H25N3OS2. The van der Waals surface area contributed by atoms with Crippen LogP contribution in [0.1, 0.15) is 36.2 Å². The van der Waals surface area contributed by atoms with Crippen molar-refractivity contribution in [3.63, 3.8) is 0 Å². The normalized spacial score (nSPS) is 20.9. The first kappa shape index (κ1) is 19.8. The molecule has 1 heterocycles. The van der Waals surface area contributed by atoms with E-state index in [9.17, 15) is 4.79 Å². The standard InChI is InChI=1S/C21H25N3OS2/c1-4-22-20-24-21(2,13-14-27-20)16-7-5-15(6-8-16)19(25)23-17-9-11-18(26-3)12-10-17/h5-12H,4,13-14H2,1-3H3,(H,22,24)(H,23,25). The van der Waals surface area contributed by atoms with Crippen molar-refractivity contribution >= 4 is 40.3 Å². The van der Waals surface area contributed by atoms with E-state index in [2.05, 4.69) is 22.5 Å². The third-order valence-electron chi connectivity index (χ3n) is 4.66. The number of carbonyl (C=O) groups is 1. The third-order valence-corrected chi connectivity index (χ3v) is 6.31. The Hall–Kier alpha value is -1.92. The number of amides is 1. The minimum atomic E-state index is -0.151. The van der Waals surface area contributed by atoms with Gasteiger partial charge in [0.1, 0.15) is 0 Å². The average Bonchev–Trinajstić information content (AvgIpc) is 2.69. The minimum Gasteiger partial charge on any atom is -0.356 e. The quantitative estimate of drug-likeness (QED) is 0.697. The summed E-state index contributed by atoms with van der Waals surface area (Å²) in [5, 5.41) is 7.51. The van der Waals surface area contributed by atoms with Crippen molar-refractivity contribution < 1.29 is 4.79 Å². The molecule has 3 rings (SSSR count). The number of carbonyl (C=O) groups excluding carboxylic acids is 1. The molecule has 0 saturated carbocycles. The van der Waals surface area contributed by atoms with Gasteiger partial charge in [0.15, 0.2) is 5.17 Å². The zero-order valence-corrected chi connectivity index (χ0v) is 17.5. The van der Waals surface area contributed by atoms with Crippen LogP contribution in [-0.2, 0) is 5.54 Å². The fourth-order valence-electron chi connectivity index (χ4n) is 3.00. The van der Waals surface area contributed by atoms with Crippen molar-refractivity contribution in [3.8, 4) is 0 Å². The number of amidine groups is 1. The molecule has 1 atom stereocenters. The summed E-state index contributed by atoms with van der Waals surface area (Å²) < 4.78 is 0. The predicted molar refractivity (Wildman–Crippen MR) is 118 cm³/mol. The first-order chi connectivity index (χ1) is 13.0. The van der Waals surface area contributed by atoms with Crippen molar-refractivity contribution in [1.29, 1.82) is 0 Å². The lowest BCUT2D eigenvalue weighted by molar-refractivity contribution is 0.102. The number of anilines is 1. The van der Waals surface area contributed by atoms with E-state index in [0.717, 1.165) is 29.6 Å². The van der Waals surface area contributed by atoms with Crippen molar-refractivity contribution in [3.05, 3.63) is 59.7 Å². The van der Waals surface area contributed by atoms with Gasteiger partial charge in [0.05, 0.1) is 5.54 Å². The highest BCUT2D eigenvalue weighted by Crippen LogP contribution is 2.31. The highest BCUT2D eigenvalue weighted by Gasteiger charge is 2.31. The Kier molecular flexibility index (Phi) is 6.50. The maximum absolute atomic E-state index is 12.5.